The van der Waals surface area contributed by atoms with Crippen LogP contribution in [0.3, 0.4) is 0 Å². The van der Waals surface area contributed by atoms with E-state index in [4.69, 9.17) is 47.0 Å². The topological polar surface area (TPSA) is 369 Å². The number of benzene rings is 3. The van der Waals surface area contributed by atoms with Gasteiger partial charge < -0.3 is 86.3 Å². The lowest BCUT2D eigenvalue weighted by atomic mass is 9.90. The Bertz CT molecular complexity index is 2630. The number of guanidine groups is 1. The molecule has 0 saturated heterocycles. The highest BCUT2D eigenvalue weighted by molar-refractivity contribution is 7.80. The number of anilines is 1. The van der Waals surface area contributed by atoms with Gasteiger partial charge in [0.05, 0.1) is 49.2 Å². The highest BCUT2D eigenvalue weighted by Gasteiger charge is 2.48. The Morgan fingerprint density at radius 3 is 2.41 bits per heavy atom. The van der Waals surface area contributed by atoms with Crippen molar-refractivity contribution in [3.8, 4) is 28.2 Å². The maximum atomic E-state index is 12.9. The third-order valence-electron chi connectivity index (χ3n) is 10.3. The predicted octanol–water partition coefficient (Wildman–Crippen LogP) is 1.86. The molecule has 3 aliphatic rings. The Labute approximate surface area is 394 Å². The lowest BCUT2D eigenvalue weighted by Gasteiger charge is -2.40. The largest absolute Gasteiger partial charge is 0.508 e. The van der Waals surface area contributed by atoms with Gasteiger partial charge in [0.15, 0.2) is 28.7 Å². The number of hydrogen-bond acceptors (Lipinski definition) is 15. The van der Waals surface area contributed by atoms with Gasteiger partial charge in [0.1, 0.15) is 23.2 Å². The normalized spacial score (nSPS) is 17.5. The third-order valence-corrected chi connectivity index (χ3v) is 11.4. The zero-order valence-electron chi connectivity index (χ0n) is 37.2. The molecule has 0 spiro atoms. The van der Waals surface area contributed by atoms with Crippen LogP contribution in [0.5, 0.6) is 5.75 Å². The van der Waals surface area contributed by atoms with E-state index < -0.39 is 85.7 Å². The van der Waals surface area contributed by atoms with E-state index in [9.17, 15) is 54.0 Å². The first kappa shape index (κ1) is 52.6. The summed E-state index contributed by atoms with van der Waals surface area (Å²) >= 11 is 5.50. The lowest BCUT2D eigenvalue weighted by molar-refractivity contribution is -0.126. The van der Waals surface area contributed by atoms with Crippen molar-refractivity contribution in [2.24, 2.45) is 16.5 Å². The van der Waals surface area contributed by atoms with Crippen LogP contribution in [-0.2, 0) is 28.3 Å². The number of aromatic carboxylic acids is 1. The number of fused-ring (bicyclic) bond motifs is 2. The fourth-order valence-corrected chi connectivity index (χ4v) is 7.98. The smallest absolute Gasteiger partial charge is 0.407 e. The monoisotopic (exact) mass is 987 g/mol. The van der Waals surface area contributed by atoms with E-state index in [1.54, 1.807) is 31.2 Å². The standard InChI is InChI=1S/C43H54N7O16PS/c1-21(62-14-13-47-42(58)66-37(31(55)19-51)38-36(48-22(2)52)30(50-40(44)45)18-34(65-38)67(59,60)61)20-63-43(3,4)11-12-46-41(68)49-23-5-8-26(29(15-23)39(56)57)35-27-9-6-24(53)16-32(27)64-33-17-25(54)7-10-28(33)35/h5-10,15-18,21,30-31,36-38,51,53,55H,11-14,19-20H2,1-4H3,(H,47,58)(H,48,52)(H,56,57)(H4,44,45,50)(H2,46,49,68)(H2,59,60,61)/t21?,30-,31+,36+,37+,38+/m0/s1. The minimum atomic E-state index is -5.12. The number of alkyl carbamates (subject to hydrolysis) is 1. The molecule has 0 bridgehead atoms. The number of carbonyl (C=O) groups is 3. The third kappa shape index (κ3) is 14.1. The number of phenolic OH excluding ortho intramolecular Hbond substituents is 1. The van der Waals surface area contributed by atoms with Crippen LogP contribution in [-0.4, -0.2) is 134 Å². The van der Waals surface area contributed by atoms with Crippen molar-refractivity contribution in [2.75, 3.05) is 38.2 Å². The second-order valence-electron chi connectivity index (χ2n) is 16.2. The van der Waals surface area contributed by atoms with Crippen molar-refractivity contribution >= 4 is 65.5 Å². The number of carboxylic acids is 1. The van der Waals surface area contributed by atoms with Crippen LogP contribution < -0.4 is 38.2 Å². The van der Waals surface area contributed by atoms with Gasteiger partial charge in [0, 0.05) is 54.3 Å². The van der Waals surface area contributed by atoms with Crippen LogP contribution in [0.4, 0.5) is 10.5 Å². The summed E-state index contributed by atoms with van der Waals surface area (Å²) in [6.07, 6.45) is -5.63. The number of nitrogens with zero attached hydrogens (tertiary/aromatic N) is 1. The molecule has 6 atom stereocenters. The summed E-state index contributed by atoms with van der Waals surface area (Å²) < 4.78 is 40.7. The molecule has 23 nitrogen and oxygen atoms in total. The summed E-state index contributed by atoms with van der Waals surface area (Å²) in [5, 5.41) is 52.5. The lowest BCUT2D eigenvalue weighted by Crippen LogP contribution is -2.60. The molecule has 0 aromatic heterocycles. The van der Waals surface area contributed by atoms with Crippen LogP contribution in [0.25, 0.3) is 33.4 Å². The van der Waals surface area contributed by atoms with Crippen molar-refractivity contribution < 1.29 is 72.5 Å². The van der Waals surface area contributed by atoms with Gasteiger partial charge in [-0.1, -0.05) is 6.07 Å². The van der Waals surface area contributed by atoms with Gasteiger partial charge in [0.2, 0.25) is 11.4 Å². The molecule has 368 valence electrons. The zero-order chi connectivity index (χ0) is 50.1. The van der Waals surface area contributed by atoms with E-state index in [-0.39, 0.29) is 53.0 Å². The number of aromatic hydroxyl groups is 1. The van der Waals surface area contributed by atoms with Crippen molar-refractivity contribution in [1.29, 1.82) is 0 Å². The SMILES string of the molecule is CC(=O)N[C@H]1[C@H]([C@H](OC(=O)NCCOC(C)COC(C)(C)CCNC(=S)Nc2ccc(-c3c4ccc(=O)cc-4oc4cc(O)ccc34)c(C(=O)O)c2)[C@H](O)CO)OC(P(=O)(O)O)=C[C@@H]1N=C(N)N. The number of aliphatic hydroxyl groups excluding tert-OH is 2. The van der Waals surface area contributed by atoms with Crippen LogP contribution >= 0.6 is 19.8 Å². The number of aliphatic imine (C=N–C) groups is 1. The molecule has 0 saturated carbocycles. The van der Waals surface area contributed by atoms with Crippen molar-refractivity contribution in [1.82, 2.24) is 16.0 Å². The molecule has 2 amide bonds. The Morgan fingerprint density at radius 2 is 1.75 bits per heavy atom. The molecule has 14 N–H and O–H groups in total. The number of rotatable bonds is 20. The summed E-state index contributed by atoms with van der Waals surface area (Å²) in [7, 11) is -5.12. The average Bonchev–Trinajstić information content (AvgIpc) is 3.25. The molecule has 25 heteroatoms. The van der Waals surface area contributed by atoms with Gasteiger partial charge in [-0.25, -0.2) is 14.6 Å². The molecule has 2 aromatic carbocycles. The van der Waals surface area contributed by atoms with Crippen molar-refractivity contribution in [3.05, 3.63) is 82.0 Å². The number of nitrogens with two attached hydrogens (primary N) is 2. The van der Waals surface area contributed by atoms with Crippen LogP contribution in [0.1, 0.15) is 44.5 Å². The van der Waals surface area contributed by atoms with E-state index in [1.807, 2.05) is 13.8 Å². The summed E-state index contributed by atoms with van der Waals surface area (Å²) in [6.45, 7) is 5.95. The number of ether oxygens (including phenoxy) is 4. The van der Waals surface area contributed by atoms with E-state index >= 15 is 0 Å². The zero-order valence-corrected chi connectivity index (χ0v) is 38.9. The highest BCUT2D eigenvalue weighted by Crippen LogP contribution is 2.49. The number of thiocarbonyl (C=S) groups is 1. The average molecular weight is 988 g/mol. The van der Waals surface area contributed by atoms with Crippen LogP contribution in [0, 0.1) is 0 Å². The molecule has 0 fully saturated rings. The van der Waals surface area contributed by atoms with Gasteiger partial charge in [-0.3, -0.25) is 14.2 Å². The maximum Gasteiger partial charge on any atom is 0.407 e. The molecule has 5 rings (SSSR count). The quantitative estimate of drug-likeness (QED) is 0.0150. The summed E-state index contributed by atoms with van der Waals surface area (Å²) in [5.41, 5.74) is 11.1. The van der Waals surface area contributed by atoms with E-state index in [0.717, 1.165) is 13.0 Å². The first-order chi connectivity index (χ1) is 32.0. The fourth-order valence-electron chi connectivity index (χ4n) is 7.15. The van der Waals surface area contributed by atoms with Gasteiger partial charge in [-0.05, 0) is 87.4 Å². The summed E-state index contributed by atoms with van der Waals surface area (Å²) in [4.78, 5) is 73.4. The molecule has 2 aliphatic heterocycles. The number of carboxylic acid groups (broad SMARTS) is 1. The first-order valence-corrected chi connectivity index (χ1v) is 22.9. The van der Waals surface area contributed by atoms with Crippen molar-refractivity contribution in [2.45, 2.75) is 76.2 Å². The number of aliphatic hydroxyl groups is 2. The molecule has 0 radical (unpaired) electrons. The minimum absolute atomic E-state index is 0.0351. The predicted molar refractivity (Wildman–Crippen MR) is 251 cm³/mol. The van der Waals surface area contributed by atoms with Gasteiger partial charge in [-0.15, -0.1) is 0 Å². The molecule has 68 heavy (non-hydrogen) atoms. The van der Waals surface area contributed by atoms with Gasteiger partial charge >= 0.3 is 19.7 Å². The van der Waals surface area contributed by atoms with Crippen molar-refractivity contribution in [3.63, 3.8) is 0 Å². The van der Waals surface area contributed by atoms with Crippen LogP contribution in [0.2, 0.25) is 0 Å². The van der Waals surface area contributed by atoms with Gasteiger partial charge in [0.25, 0.3) is 0 Å². The molecule has 1 unspecified atom stereocenters. The molecular formula is C43H54N7O16PS. The molecule has 2 heterocycles. The second-order valence-corrected chi connectivity index (χ2v) is 18.1. The Kier molecular flexibility index (Phi) is 17.5. The van der Waals surface area contributed by atoms with E-state index in [0.29, 0.717) is 40.7 Å². The van der Waals surface area contributed by atoms with E-state index in [2.05, 4.69) is 26.3 Å². The summed E-state index contributed by atoms with van der Waals surface area (Å²) in [5.74, 6) is -2.23. The minimum Gasteiger partial charge on any atom is -0.508 e. The number of carbonyl (C=O) groups excluding carboxylic acids is 2. The maximum absolute atomic E-state index is 12.9. The first-order valence-electron chi connectivity index (χ1n) is 20.9. The molecule has 1 aliphatic carbocycles. The molecule has 2 aromatic rings. The highest BCUT2D eigenvalue weighted by atomic mass is 32.1. The number of phenols is 1. The fraction of sp³-hybridized carbons (Fsp3) is 0.395. The van der Waals surface area contributed by atoms with Crippen LogP contribution in [0.15, 0.2) is 80.4 Å². The molecular weight excluding hydrogens is 934 g/mol. The number of nitrogens with one attached hydrogen (secondary N) is 4. The Hall–Kier alpha value is -6.37. The van der Waals surface area contributed by atoms with Gasteiger partial charge in [-0.2, -0.15) is 0 Å². The Morgan fingerprint density at radius 1 is 1.03 bits per heavy atom. The second kappa shape index (κ2) is 22.6. The Balaban J connectivity index is 1.10. The van der Waals surface area contributed by atoms with E-state index in [1.165, 1.54) is 30.3 Å². The summed E-state index contributed by atoms with van der Waals surface area (Å²) in [6, 6.07) is 10.7. The number of hydrogen-bond donors (Lipinski definition) is 12. The number of amides is 2.